The van der Waals surface area contributed by atoms with E-state index >= 15 is 0 Å². The number of carbonyl (C=O) groups excluding carboxylic acids is 2. The first-order chi connectivity index (χ1) is 16.9. The van der Waals surface area contributed by atoms with Crippen molar-refractivity contribution < 1.29 is 18.4 Å². The number of oxazole rings is 1. The predicted octanol–water partition coefficient (Wildman–Crippen LogP) is 6.15. The van der Waals surface area contributed by atoms with E-state index < -0.39 is 5.82 Å². The van der Waals surface area contributed by atoms with Gasteiger partial charge in [0.2, 0.25) is 5.89 Å². The highest BCUT2D eigenvalue weighted by atomic mass is 79.9. The molecule has 178 valence electrons. The molecule has 0 saturated carbocycles. The topological polar surface area (TPSA) is 78.7 Å². The van der Waals surface area contributed by atoms with E-state index in [-0.39, 0.29) is 17.8 Å². The zero-order chi connectivity index (χ0) is 24.5. The van der Waals surface area contributed by atoms with Crippen LogP contribution in [0.15, 0.2) is 74.0 Å². The maximum absolute atomic E-state index is 13.7. The molecule has 4 aromatic rings. The monoisotopic (exact) mass is 600 g/mol. The van der Waals surface area contributed by atoms with Crippen LogP contribution in [0.25, 0.3) is 22.6 Å². The van der Waals surface area contributed by atoms with Crippen LogP contribution in [-0.4, -0.2) is 52.9 Å². The summed E-state index contributed by atoms with van der Waals surface area (Å²) in [4.78, 5) is 33.4. The average molecular weight is 602 g/mol. The number of carbonyl (C=O) groups is 2. The van der Waals surface area contributed by atoms with Crippen LogP contribution in [0.3, 0.4) is 0 Å². The Labute approximate surface area is 217 Å². The summed E-state index contributed by atoms with van der Waals surface area (Å²) in [5.41, 5.74) is 2.75. The van der Waals surface area contributed by atoms with Crippen molar-refractivity contribution in [3.63, 3.8) is 0 Å². The number of rotatable bonds is 3. The van der Waals surface area contributed by atoms with Crippen LogP contribution in [0.2, 0.25) is 0 Å². The largest absolute Gasteiger partial charge is 0.436 e. The summed E-state index contributed by atoms with van der Waals surface area (Å²) in [5, 5.41) is 2.88. The SMILES string of the molecule is O=C(Nc1ccc2oc(-c3cc(F)ccc3Br)nc2c1)N1CCN(C(=O)c2ccc(Br)cc2)CC1. The molecule has 35 heavy (non-hydrogen) atoms. The predicted molar refractivity (Wildman–Crippen MR) is 138 cm³/mol. The highest BCUT2D eigenvalue weighted by molar-refractivity contribution is 9.10. The highest BCUT2D eigenvalue weighted by Crippen LogP contribution is 2.31. The Hall–Kier alpha value is -3.24. The number of hydrogen-bond donors (Lipinski definition) is 1. The van der Waals surface area contributed by atoms with Gasteiger partial charge in [0.15, 0.2) is 5.58 Å². The minimum atomic E-state index is -0.392. The minimum Gasteiger partial charge on any atom is -0.436 e. The molecule has 2 heterocycles. The number of benzene rings is 3. The fourth-order valence-electron chi connectivity index (χ4n) is 3.87. The van der Waals surface area contributed by atoms with E-state index in [1.165, 1.54) is 12.1 Å². The van der Waals surface area contributed by atoms with Crippen LogP contribution in [-0.2, 0) is 0 Å². The first-order valence-corrected chi connectivity index (χ1v) is 12.4. The number of urea groups is 1. The van der Waals surface area contributed by atoms with Crippen molar-refractivity contribution in [2.24, 2.45) is 0 Å². The van der Waals surface area contributed by atoms with Crippen LogP contribution in [0, 0.1) is 5.82 Å². The van der Waals surface area contributed by atoms with Gasteiger partial charge in [-0.25, -0.2) is 14.2 Å². The van der Waals surface area contributed by atoms with Gasteiger partial charge in [-0.2, -0.15) is 0 Å². The fourth-order valence-corrected chi connectivity index (χ4v) is 4.55. The molecule has 0 unspecified atom stereocenters. The molecule has 7 nitrogen and oxygen atoms in total. The third kappa shape index (κ3) is 5.08. The lowest BCUT2D eigenvalue weighted by atomic mass is 10.2. The maximum atomic E-state index is 13.7. The van der Waals surface area contributed by atoms with E-state index in [9.17, 15) is 14.0 Å². The third-order valence-electron chi connectivity index (χ3n) is 5.74. The molecule has 0 bridgehead atoms. The van der Waals surface area contributed by atoms with Gasteiger partial charge in [0.1, 0.15) is 11.3 Å². The molecule has 1 N–H and O–H groups in total. The van der Waals surface area contributed by atoms with Crippen LogP contribution in [0.1, 0.15) is 10.4 Å². The van der Waals surface area contributed by atoms with E-state index in [0.29, 0.717) is 58.6 Å². The minimum absolute atomic E-state index is 0.0465. The lowest BCUT2D eigenvalue weighted by molar-refractivity contribution is 0.0671. The van der Waals surface area contributed by atoms with Gasteiger partial charge in [0.25, 0.3) is 5.91 Å². The Kier molecular flexibility index (Phi) is 6.57. The molecule has 10 heteroatoms. The molecule has 0 atom stereocenters. The van der Waals surface area contributed by atoms with Crippen LogP contribution in [0.4, 0.5) is 14.9 Å². The summed E-state index contributed by atoms with van der Waals surface area (Å²) in [6.45, 7) is 1.77. The zero-order valence-electron chi connectivity index (χ0n) is 18.3. The second-order valence-electron chi connectivity index (χ2n) is 8.04. The fraction of sp³-hybridized carbons (Fsp3) is 0.160. The van der Waals surface area contributed by atoms with E-state index in [2.05, 4.69) is 42.2 Å². The smallest absolute Gasteiger partial charge is 0.321 e. The summed E-state index contributed by atoms with van der Waals surface area (Å²) in [6, 6.07) is 16.4. The number of aromatic nitrogens is 1. The summed E-state index contributed by atoms with van der Waals surface area (Å²) in [5.74, 6) is -0.159. The van der Waals surface area contributed by atoms with E-state index in [0.717, 1.165) is 4.47 Å². The van der Waals surface area contributed by atoms with Gasteiger partial charge in [0, 0.05) is 46.4 Å². The van der Waals surface area contributed by atoms with Gasteiger partial charge in [-0.3, -0.25) is 4.79 Å². The molecular formula is C25H19Br2FN4O3. The van der Waals surface area contributed by atoms with Crippen molar-refractivity contribution in [3.8, 4) is 11.5 Å². The highest BCUT2D eigenvalue weighted by Gasteiger charge is 2.25. The number of amides is 3. The normalized spacial score (nSPS) is 13.8. The zero-order valence-corrected chi connectivity index (χ0v) is 21.5. The maximum Gasteiger partial charge on any atom is 0.321 e. The number of nitrogens with zero attached hydrogens (tertiary/aromatic N) is 3. The third-order valence-corrected chi connectivity index (χ3v) is 6.96. The van der Waals surface area contributed by atoms with Crippen LogP contribution in [0.5, 0.6) is 0 Å². The van der Waals surface area contributed by atoms with Crippen molar-refractivity contribution in [2.45, 2.75) is 0 Å². The summed E-state index contributed by atoms with van der Waals surface area (Å²) >= 11 is 6.76. The van der Waals surface area contributed by atoms with E-state index in [1.54, 1.807) is 46.2 Å². The Morgan fingerprint density at radius 3 is 2.37 bits per heavy atom. The Balaban J connectivity index is 1.23. The lowest BCUT2D eigenvalue weighted by Gasteiger charge is -2.34. The first kappa shape index (κ1) is 23.5. The number of hydrogen-bond acceptors (Lipinski definition) is 4. The van der Waals surface area contributed by atoms with Crippen LogP contribution < -0.4 is 5.32 Å². The Morgan fingerprint density at radius 1 is 0.914 bits per heavy atom. The number of anilines is 1. The quantitative estimate of drug-likeness (QED) is 0.306. The second-order valence-corrected chi connectivity index (χ2v) is 9.81. The average Bonchev–Trinajstić information content (AvgIpc) is 3.29. The Bertz CT molecular complexity index is 1420. The number of piperazine rings is 1. The van der Waals surface area contributed by atoms with Crippen molar-refractivity contribution >= 4 is 60.6 Å². The molecule has 1 aliphatic rings. The summed E-state index contributed by atoms with van der Waals surface area (Å²) in [6.07, 6.45) is 0. The van der Waals surface area contributed by atoms with Gasteiger partial charge >= 0.3 is 6.03 Å². The van der Waals surface area contributed by atoms with Gasteiger partial charge in [0.05, 0.1) is 5.56 Å². The van der Waals surface area contributed by atoms with E-state index in [1.807, 2.05) is 12.1 Å². The Morgan fingerprint density at radius 2 is 1.63 bits per heavy atom. The molecule has 1 aromatic heterocycles. The molecule has 1 saturated heterocycles. The summed E-state index contributed by atoms with van der Waals surface area (Å²) < 4.78 is 21.0. The van der Waals surface area contributed by atoms with Crippen molar-refractivity contribution in [1.82, 2.24) is 14.8 Å². The molecule has 0 radical (unpaired) electrons. The summed E-state index contributed by atoms with van der Waals surface area (Å²) in [7, 11) is 0. The second kappa shape index (κ2) is 9.79. The van der Waals surface area contributed by atoms with Crippen molar-refractivity contribution in [2.75, 3.05) is 31.5 Å². The van der Waals surface area contributed by atoms with Gasteiger partial charge in [-0.15, -0.1) is 0 Å². The number of halogens is 3. The number of nitrogens with one attached hydrogen (secondary N) is 1. The van der Waals surface area contributed by atoms with Gasteiger partial charge in [-0.05, 0) is 76.6 Å². The molecule has 1 fully saturated rings. The molecule has 1 aliphatic heterocycles. The van der Waals surface area contributed by atoms with Gasteiger partial charge < -0.3 is 19.5 Å². The van der Waals surface area contributed by atoms with Crippen molar-refractivity contribution in [1.29, 1.82) is 0 Å². The first-order valence-electron chi connectivity index (χ1n) is 10.8. The molecule has 0 spiro atoms. The molecular weight excluding hydrogens is 583 g/mol. The molecule has 3 aromatic carbocycles. The molecule has 5 rings (SSSR count). The number of fused-ring (bicyclic) bond motifs is 1. The lowest BCUT2D eigenvalue weighted by Crippen LogP contribution is -2.51. The van der Waals surface area contributed by atoms with Gasteiger partial charge in [-0.1, -0.05) is 15.9 Å². The van der Waals surface area contributed by atoms with Crippen molar-refractivity contribution in [3.05, 3.63) is 81.0 Å². The molecule has 0 aliphatic carbocycles. The van der Waals surface area contributed by atoms with E-state index in [4.69, 9.17) is 4.42 Å². The molecule has 3 amide bonds. The van der Waals surface area contributed by atoms with Crippen LogP contribution >= 0.6 is 31.9 Å². The standard InChI is InChI=1S/C25H19Br2FN4O3/c26-16-3-1-15(2-4-16)24(33)31-9-11-32(12-10-31)25(34)29-18-6-8-22-21(14-18)30-23(35-22)19-13-17(28)5-7-20(19)27/h1-8,13-14H,9-12H2,(H,29,34).